The SMILES string of the molecule is COc1c(Br)cc(F)cc1C(N)CC(=O)O. The second-order valence-corrected chi connectivity index (χ2v) is 4.07. The number of carbonyl (C=O) groups is 1. The van der Waals surface area contributed by atoms with Crippen LogP contribution in [0.4, 0.5) is 4.39 Å². The zero-order valence-electron chi connectivity index (χ0n) is 8.54. The van der Waals surface area contributed by atoms with E-state index >= 15 is 0 Å². The van der Waals surface area contributed by atoms with Gasteiger partial charge in [0, 0.05) is 11.6 Å². The van der Waals surface area contributed by atoms with Gasteiger partial charge in [0.2, 0.25) is 0 Å². The van der Waals surface area contributed by atoms with Crippen LogP contribution < -0.4 is 10.5 Å². The van der Waals surface area contributed by atoms with Crippen molar-refractivity contribution >= 4 is 21.9 Å². The molecular weight excluding hydrogens is 281 g/mol. The van der Waals surface area contributed by atoms with E-state index in [1.165, 1.54) is 19.2 Å². The number of aliphatic carboxylic acids is 1. The van der Waals surface area contributed by atoms with Crippen molar-refractivity contribution in [2.45, 2.75) is 12.5 Å². The molecule has 0 aromatic heterocycles. The predicted molar refractivity (Wildman–Crippen MR) is 59.8 cm³/mol. The highest BCUT2D eigenvalue weighted by Crippen LogP contribution is 2.34. The van der Waals surface area contributed by atoms with Gasteiger partial charge in [-0.05, 0) is 28.1 Å². The normalized spacial score (nSPS) is 12.2. The fourth-order valence-corrected chi connectivity index (χ4v) is 1.98. The van der Waals surface area contributed by atoms with Gasteiger partial charge >= 0.3 is 5.97 Å². The summed E-state index contributed by atoms with van der Waals surface area (Å²) in [7, 11) is 1.41. The molecule has 0 saturated carbocycles. The summed E-state index contributed by atoms with van der Waals surface area (Å²) in [5, 5.41) is 8.62. The van der Waals surface area contributed by atoms with Gasteiger partial charge < -0.3 is 15.6 Å². The first kappa shape index (κ1) is 12.9. The molecule has 1 aromatic rings. The smallest absolute Gasteiger partial charge is 0.305 e. The Morgan fingerprint density at radius 3 is 2.81 bits per heavy atom. The van der Waals surface area contributed by atoms with Crippen LogP contribution in [0, 0.1) is 5.82 Å². The lowest BCUT2D eigenvalue weighted by atomic mass is 10.0. The van der Waals surface area contributed by atoms with E-state index < -0.39 is 17.8 Å². The number of benzene rings is 1. The number of carboxylic acids is 1. The van der Waals surface area contributed by atoms with E-state index in [0.29, 0.717) is 15.8 Å². The second kappa shape index (κ2) is 5.27. The topological polar surface area (TPSA) is 72.5 Å². The third-order valence-corrected chi connectivity index (χ3v) is 2.62. The predicted octanol–water partition coefficient (Wildman–Crippen LogP) is 2.07. The molecule has 0 aliphatic heterocycles. The molecule has 0 bridgehead atoms. The van der Waals surface area contributed by atoms with Crippen LogP contribution in [-0.4, -0.2) is 18.2 Å². The Morgan fingerprint density at radius 1 is 1.69 bits per heavy atom. The summed E-state index contributed by atoms with van der Waals surface area (Å²) in [6, 6.07) is 1.60. The Balaban J connectivity index is 3.15. The molecule has 0 fully saturated rings. The summed E-state index contributed by atoms with van der Waals surface area (Å²) < 4.78 is 18.6. The minimum absolute atomic E-state index is 0.285. The minimum Gasteiger partial charge on any atom is -0.495 e. The molecular formula is C10H11BrFNO3. The Hall–Kier alpha value is -1.14. The highest BCUT2D eigenvalue weighted by atomic mass is 79.9. The van der Waals surface area contributed by atoms with Gasteiger partial charge in [0.05, 0.1) is 18.0 Å². The number of hydrogen-bond donors (Lipinski definition) is 2. The van der Waals surface area contributed by atoms with E-state index in [1.54, 1.807) is 0 Å². The first-order valence-electron chi connectivity index (χ1n) is 4.46. The molecule has 0 aliphatic carbocycles. The maximum absolute atomic E-state index is 13.2. The number of halogens is 2. The zero-order chi connectivity index (χ0) is 12.3. The minimum atomic E-state index is -1.05. The molecule has 0 spiro atoms. The van der Waals surface area contributed by atoms with Gasteiger partial charge in [0.15, 0.2) is 0 Å². The van der Waals surface area contributed by atoms with E-state index in [1.807, 2.05) is 0 Å². The average molecular weight is 292 g/mol. The number of ether oxygens (including phenoxy) is 1. The molecule has 0 saturated heterocycles. The maximum Gasteiger partial charge on any atom is 0.305 e. The highest BCUT2D eigenvalue weighted by Gasteiger charge is 2.18. The first-order chi connectivity index (χ1) is 7.45. The number of nitrogens with two attached hydrogens (primary N) is 1. The lowest BCUT2D eigenvalue weighted by Crippen LogP contribution is -2.16. The Kier molecular flexibility index (Phi) is 4.26. The molecule has 0 aliphatic rings. The van der Waals surface area contributed by atoms with Crippen LogP contribution in [0.25, 0.3) is 0 Å². The third-order valence-electron chi connectivity index (χ3n) is 2.04. The second-order valence-electron chi connectivity index (χ2n) is 3.21. The Morgan fingerprint density at radius 2 is 2.31 bits per heavy atom. The maximum atomic E-state index is 13.2. The lowest BCUT2D eigenvalue weighted by Gasteiger charge is -2.15. The first-order valence-corrected chi connectivity index (χ1v) is 5.25. The van der Waals surface area contributed by atoms with E-state index in [2.05, 4.69) is 15.9 Å². The number of hydrogen-bond acceptors (Lipinski definition) is 3. The summed E-state index contributed by atoms with van der Waals surface area (Å²) in [5.74, 6) is -1.19. The quantitative estimate of drug-likeness (QED) is 0.891. The molecule has 0 heterocycles. The molecule has 4 nitrogen and oxygen atoms in total. The van der Waals surface area contributed by atoms with Crippen molar-refractivity contribution in [1.82, 2.24) is 0 Å². The summed E-state index contributed by atoms with van der Waals surface area (Å²) in [4.78, 5) is 10.5. The van der Waals surface area contributed by atoms with Crippen LogP contribution in [0.15, 0.2) is 16.6 Å². The monoisotopic (exact) mass is 291 g/mol. The van der Waals surface area contributed by atoms with Gasteiger partial charge in [-0.1, -0.05) is 0 Å². The van der Waals surface area contributed by atoms with Crippen LogP contribution in [0.3, 0.4) is 0 Å². The zero-order valence-corrected chi connectivity index (χ0v) is 10.1. The van der Waals surface area contributed by atoms with Crippen LogP contribution >= 0.6 is 15.9 Å². The van der Waals surface area contributed by atoms with Gasteiger partial charge in [-0.25, -0.2) is 4.39 Å². The van der Waals surface area contributed by atoms with E-state index in [9.17, 15) is 9.18 Å². The lowest BCUT2D eigenvalue weighted by molar-refractivity contribution is -0.137. The van der Waals surface area contributed by atoms with Crippen molar-refractivity contribution < 1.29 is 19.0 Å². The number of rotatable bonds is 4. The molecule has 88 valence electrons. The van der Waals surface area contributed by atoms with Crippen LogP contribution in [-0.2, 0) is 4.79 Å². The molecule has 1 unspecified atom stereocenters. The molecule has 0 radical (unpaired) electrons. The Bertz CT molecular complexity index is 411. The number of methoxy groups -OCH3 is 1. The largest absolute Gasteiger partial charge is 0.495 e. The van der Waals surface area contributed by atoms with E-state index in [-0.39, 0.29) is 6.42 Å². The van der Waals surface area contributed by atoms with Crippen molar-refractivity contribution in [3.8, 4) is 5.75 Å². The van der Waals surface area contributed by atoms with Crippen molar-refractivity contribution in [1.29, 1.82) is 0 Å². The highest BCUT2D eigenvalue weighted by molar-refractivity contribution is 9.10. The van der Waals surface area contributed by atoms with Crippen LogP contribution in [0.5, 0.6) is 5.75 Å². The van der Waals surface area contributed by atoms with Crippen LogP contribution in [0.2, 0.25) is 0 Å². The van der Waals surface area contributed by atoms with Crippen molar-refractivity contribution in [3.63, 3.8) is 0 Å². The average Bonchev–Trinajstić information content (AvgIpc) is 2.15. The van der Waals surface area contributed by atoms with Crippen molar-refractivity contribution in [2.75, 3.05) is 7.11 Å². The summed E-state index contributed by atoms with van der Waals surface area (Å²) >= 11 is 3.12. The fraction of sp³-hybridized carbons (Fsp3) is 0.300. The van der Waals surface area contributed by atoms with Crippen molar-refractivity contribution in [2.24, 2.45) is 5.73 Å². The van der Waals surface area contributed by atoms with Gasteiger partial charge in [-0.2, -0.15) is 0 Å². The molecule has 1 atom stereocenters. The van der Waals surface area contributed by atoms with Gasteiger partial charge in [0.1, 0.15) is 11.6 Å². The third kappa shape index (κ3) is 2.93. The molecule has 0 amide bonds. The summed E-state index contributed by atoms with van der Waals surface area (Å²) in [6.45, 7) is 0. The van der Waals surface area contributed by atoms with Gasteiger partial charge in [0.25, 0.3) is 0 Å². The molecule has 16 heavy (non-hydrogen) atoms. The van der Waals surface area contributed by atoms with Crippen LogP contribution in [0.1, 0.15) is 18.0 Å². The molecule has 6 heteroatoms. The van der Waals surface area contributed by atoms with E-state index in [4.69, 9.17) is 15.6 Å². The molecule has 3 N–H and O–H groups in total. The van der Waals surface area contributed by atoms with Gasteiger partial charge in [-0.15, -0.1) is 0 Å². The van der Waals surface area contributed by atoms with Gasteiger partial charge in [-0.3, -0.25) is 4.79 Å². The van der Waals surface area contributed by atoms with E-state index in [0.717, 1.165) is 0 Å². The number of carboxylic acid groups (broad SMARTS) is 1. The molecule has 1 rings (SSSR count). The summed E-state index contributed by atoms with van der Waals surface area (Å²) in [5.41, 5.74) is 5.99. The Labute approximate surface area is 100 Å². The summed E-state index contributed by atoms with van der Waals surface area (Å²) in [6.07, 6.45) is -0.285. The van der Waals surface area contributed by atoms with Crippen molar-refractivity contribution in [3.05, 3.63) is 28.0 Å². The fourth-order valence-electron chi connectivity index (χ4n) is 1.37. The standard InChI is InChI=1S/C10H11BrFNO3/c1-16-10-6(8(13)4-9(14)15)2-5(12)3-7(10)11/h2-3,8H,4,13H2,1H3,(H,14,15). The molecule has 1 aromatic carbocycles.